The number of nitrogens with zero attached hydrogens (tertiary/aromatic N) is 3. The maximum atomic E-state index is 13.8. The number of esters is 3. The van der Waals surface area contributed by atoms with Crippen molar-refractivity contribution in [2.45, 2.75) is 119 Å². The standard InChI is InChI=1S/C12H14FNO5.C11H11F2NO4.C6H2F3NO2.C5H10O2.CH3I.CH3O.9CH4.Na/c1-12(2,11(15)19-4)7-5-8(13)10(14(16)17)9(6-7)18-3;1-11(2,10(15)18-3)6-4-7(12)9(14(16)17)8(13)5-6;7-3-1-4(8)6(10(11)12)5(9)2-3;1-4(2)5(6)7-3;2*1-2;;;;;;;;;;/h5-6H,1-4H3;4-5H,1-3H3;1-2H;4H,1-3H3;2*1H3;9*1H4;/q;;;;;-1;;;;;;;;;;+1. The van der Waals surface area contributed by atoms with Gasteiger partial charge in [0.1, 0.15) is 5.82 Å². The molecule has 25 heteroatoms. The van der Waals surface area contributed by atoms with Crippen molar-refractivity contribution >= 4 is 57.6 Å². The smallest absolute Gasteiger partial charge is 0.857 e. The fourth-order valence-electron chi connectivity index (χ4n) is 4.06. The minimum Gasteiger partial charge on any atom is -0.857 e. The molecule has 0 aliphatic carbocycles. The van der Waals surface area contributed by atoms with E-state index in [4.69, 9.17) is 9.84 Å². The normalized spacial score (nSPS) is 8.64. The third kappa shape index (κ3) is 29.5. The molecule has 0 saturated carbocycles. The predicted molar refractivity (Wildman–Crippen MR) is 269 cm³/mol. The van der Waals surface area contributed by atoms with E-state index in [1.54, 1.807) is 13.8 Å². The van der Waals surface area contributed by atoms with Gasteiger partial charge in [-0.05, 0) is 68.0 Å². The zero-order valence-electron chi connectivity index (χ0n) is 35.2. The molecule has 3 aromatic rings. The van der Waals surface area contributed by atoms with Gasteiger partial charge in [-0.25, -0.2) is 4.39 Å². The van der Waals surface area contributed by atoms with E-state index < -0.39 is 89.5 Å². The van der Waals surface area contributed by atoms with E-state index in [0.29, 0.717) is 0 Å². The molecule has 3 aromatic carbocycles. The largest absolute Gasteiger partial charge is 1.00 e. The summed E-state index contributed by atoms with van der Waals surface area (Å²) >= 11 is 2.15. The number of alkyl halides is 1. The van der Waals surface area contributed by atoms with Gasteiger partial charge in [-0.15, -0.1) is 0 Å². The first-order valence-corrected chi connectivity index (χ1v) is 18.3. The first kappa shape index (κ1) is 98.7. The molecule has 70 heavy (non-hydrogen) atoms. The van der Waals surface area contributed by atoms with E-state index in [1.165, 1.54) is 55.1 Å². The Bertz CT molecular complexity index is 1940. The van der Waals surface area contributed by atoms with Crippen LogP contribution in [0.2, 0.25) is 0 Å². The first-order valence-electron chi connectivity index (χ1n) is 16.2. The van der Waals surface area contributed by atoms with Crippen molar-refractivity contribution in [2.75, 3.05) is 40.5 Å². The quantitative estimate of drug-likeness (QED) is 0.0283. The van der Waals surface area contributed by atoms with Crippen LogP contribution in [-0.2, 0) is 39.4 Å². The molecular weight excluding hydrogens is 1070 g/mol. The molecule has 0 saturated heterocycles. The predicted octanol–water partition coefficient (Wildman–Crippen LogP) is 10.1. The van der Waals surface area contributed by atoms with Crippen molar-refractivity contribution in [2.24, 2.45) is 5.92 Å². The summed E-state index contributed by atoms with van der Waals surface area (Å²) in [4.78, 5) is 63.2. The van der Waals surface area contributed by atoms with E-state index in [2.05, 4.69) is 36.8 Å². The van der Waals surface area contributed by atoms with Crippen molar-refractivity contribution in [3.63, 3.8) is 0 Å². The number of ether oxygens (including phenoxy) is 4. The zero-order valence-corrected chi connectivity index (χ0v) is 39.4. The van der Waals surface area contributed by atoms with E-state index in [1.807, 2.05) is 4.93 Å². The Balaban J connectivity index is -0.0000000544. The molecule has 0 fully saturated rings. The van der Waals surface area contributed by atoms with Crippen LogP contribution in [0.25, 0.3) is 0 Å². The number of carbonyl (C=O) groups is 3. The Morgan fingerprint density at radius 1 is 0.514 bits per heavy atom. The summed E-state index contributed by atoms with van der Waals surface area (Å²) in [5, 5.41) is 39.4. The molecule has 0 unspecified atom stereocenters. The molecule has 0 heterocycles. The Hall–Kier alpha value is -4.66. The monoisotopic (exact) mass is 1150 g/mol. The molecule has 0 radical (unpaired) electrons. The van der Waals surface area contributed by atoms with Crippen LogP contribution in [0.4, 0.5) is 43.4 Å². The van der Waals surface area contributed by atoms with Crippen LogP contribution in [0.15, 0.2) is 36.4 Å². The minimum absolute atomic E-state index is 0. The summed E-state index contributed by atoms with van der Waals surface area (Å²) in [6, 6.07) is 4.23. The number of halogens is 7. The average molecular weight is 1150 g/mol. The Morgan fingerprint density at radius 3 is 0.957 bits per heavy atom. The molecule has 0 N–H and O–H groups in total. The van der Waals surface area contributed by atoms with Gasteiger partial charge in [0.05, 0.1) is 60.0 Å². The SMILES string of the molecule is C.C.C.C.C.C.C.C.C.CI.COC(=O)C(C)(C)c1cc(F)c([N+](=O)[O-])c(F)c1.COC(=O)C(C)(C)c1cc(F)c([N+](=O)[O-])c(OC)c1.COC(=O)C(C)C.C[O-].O=[N+]([O-])c1c(F)cc(F)cc1F.[Na+]. The van der Waals surface area contributed by atoms with Gasteiger partial charge in [0, 0.05) is 12.1 Å². The van der Waals surface area contributed by atoms with E-state index in [9.17, 15) is 71.1 Å². The van der Waals surface area contributed by atoms with Crippen molar-refractivity contribution in [3.05, 3.63) is 113 Å². The topological polar surface area (TPSA) is 241 Å². The molecule has 0 aliphatic heterocycles. The van der Waals surface area contributed by atoms with E-state index in [0.717, 1.165) is 32.4 Å². The number of rotatable bonds is 9. The molecule has 0 spiro atoms. The summed E-state index contributed by atoms with van der Waals surface area (Å²) in [6.45, 7) is 9.45. The summed E-state index contributed by atoms with van der Waals surface area (Å²) in [7, 11) is 5.68. The molecule has 0 bridgehead atoms. The number of hydrogen-bond donors (Lipinski definition) is 0. The fourth-order valence-corrected chi connectivity index (χ4v) is 4.06. The van der Waals surface area contributed by atoms with Crippen LogP contribution in [0, 0.1) is 71.2 Å². The number of carbonyl (C=O) groups excluding carboxylic acids is 3. The number of nitro groups is 3. The van der Waals surface area contributed by atoms with Crippen LogP contribution in [0.3, 0.4) is 0 Å². The van der Waals surface area contributed by atoms with Crippen LogP contribution in [0.5, 0.6) is 5.75 Å². The van der Waals surface area contributed by atoms with Gasteiger partial charge < -0.3 is 24.1 Å². The number of nitro benzene ring substituents is 3. The van der Waals surface area contributed by atoms with Gasteiger partial charge in [-0.1, -0.05) is 103 Å². The molecule has 0 aliphatic rings. The molecule has 0 atom stereocenters. The second-order valence-electron chi connectivity index (χ2n) is 12.2. The van der Waals surface area contributed by atoms with Crippen LogP contribution in [0.1, 0.15) is 120 Å². The van der Waals surface area contributed by atoms with Crippen molar-refractivity contribution in [3.8, 4) is 5.75 Å². The third-order valence-corrected chi connectivity index (χ3v) is 7.30. The van der Waals surface area contributed by atoms with Gasteiger partial charge in [-0.2, -0.15) is 29.1 Å². The second kappa shape index (κ2) is 46.7. The molecule has 0 amide bonds. The number of benzene rings is 3. The van der Waals surface area contributed by atoms with Crippen molar-refractivity contribution in [1.29, 1.82) is 0 Å². The summed E-state index contributed by atoms with van der Waals surface area (Å²) in [6.07, 6.45) is 0. The van der Waals surface area contributed by atoms with Crippen LogP contribution < -0.4 is 39.4 Å². The number of methoxy groups -OCH3 is 4. The molecule has 3 rings (SSSR count). The second-order valence-corrected chi connectivity index (χ2v) is 12.2. The van der Waals surface area contributed by atoms with Gasteiger partial charge >= 0.3 is 64.5 Å². The molecule has 0 aromatic heterocycles. The van der Waals surface area contributed by atoms with Gasteiger partial charge in [0.15, 0.2) is 5.75 Å². The first-order chi connectivity index (χ1) is 27.7. The maximum absolute atomic E-state index is 13.8. The molecule has 17 nitrogen and oxygen atoms in total. The van der Waals surface area contributed by atoms with Crippen LogP contribution in [-0.4, -0.2) is 73.2 Å². The summed E-state index contributed by atoms with van der Waals surface area (Å²) in [5.41, 5.74) is -5.57. The minimum atomic E-state index is -1.52. The zero-order chi connectivity index (χ0) is 48.0. The van der Waals surface area contributed by atoms with E-state index in [-0.39, 0.29) is 137 Å². The molecule has 408 valence electrons. The van der Waals surface area contributed by atoms with E-state index >= 15 is 0 Å². The summed E-state index contributed by atoms with van der Waals surface area (Å²) < 4.78 is 96.0. The fraction of sp³-hybridized carbons (Fsp3) is 0.533. The molecular formula is C45H79F6IN3NaO14. The van der Waals surface area contributed by atoms with Crippen molar-refractivity contribution in [1.82, 2.24) is 0 Å². The van der Waals surface area contributed by atoms with Crippen LogP contribution >= 0.6 is 22.6 Å². The van der Waals surface area contributed by atoms with Gasteiger partial charge in [0.2, 0.25) is 29.1 Å². The third-order valence-electron chi connectivity index (χ3n) is 7.30. The maximum Gasteiger partial charge on any atom is 1.00 e. The number of hydrogen-bond acceptors (Lipinski definition) is 14. The van der Waals surface area contributed by atoms with Gasteiger partial charge in [-0.3, -0.25) is 44.7 Å². The Morgan fingerprint density at radius 2 is 0.757 bits per heavy atom. The summed E-state index contributed by atoms with van der Waals surface area (Å²) in [5.74, 6) is -9.60. The average Bonchev–Trinajstić information content (AvgIpc) is 3.17. The van der Waals surface area contributed by atoms with Gasteiger partial charge in [0.25, 0.3) is 0 Å². The van der Waals surface area contributed by atoms with Crippen molar-refractivity contribution < 1.29 is 109 Å². The Kier molecular flexibility index (Phi) is 65.9. The Labute approximate surface area is 448 Å².